The Hall–Kier alpha value is -3.85. The van der Waals surface area contributed by atoms with Gasteiger partial charge in [0.2, 0.25) is 0 Å². The molecule has 0 aliphatic heterocycles. The van der Waals surface area contributed by atoms with E-state index in [-0.39, 0.29) is 32.6 Å². The maximum Gasteiger partial charge on any atom is 0.472 e. The molecule has 71 heavy (non-hydrogen) atoms. The van der Waals surface area contributed by atoms with E-state index in [9.17, 15) is 19.0 Å². The van der Waals surface area contributed by atoms with Gasteiger partial charge in [0.25, 0.3) is 0 Å². The van der Waals surface area contributed by atoms with Gasteiger partial charge in [-0.1, -0.05) is 218 Å². The second kappa shape index (κ2) is 55.5. The number of rotatable bonds is 50. The van der Waals surface area contributed by atoms with Crippen LogP contribution < -0.4 is 5.73 Å². The highest BCUT2D eigenvalue weighted by Crippen LogP contribution is 2.43. The number of allylic oxidation sites excluding steroid dienone is 22. The van der Waals surface area contributed by atoms with Crippen molar-refractivity contribution in [3.63, 3.8) is 0 Å². The van der Waals surface area contributed by atoms with Gasteiger partial charge in [0, 0.05) is 19.4 Å². The van der Waals surface area contributed by atoms with Crippen LogP contribution in [0.5, 0.6) is 0 Å². The van der Waals surface area contributed by atoms with Crippen molar-refractivity contribution < 1.29 is 37.6 Å². The Kier molecular flexibility index (Phi) is 52.5. The molecule has 0 amide bonds. The number of hydrogen-bond donors (Lipinski definition) is 2. The van der Waals surface area contributed by atoms with Gasteiger partial charge in [-0.2, -0.15) is 0 Å². The molecule has 0 radical (unpaired) electrons. The molecule has 0 aliphatic carbocycles. The van der Waals surface area contributed by atoms with Gasteiger partial charge in [0.05, 0.1) is 13.2 Å². The monoisotopic (exact) mass is 1010 g/mol. The van der Waals surface area contributed by atoms with Crippen molar-refractivity contribution in [2.75, 3.05) is 26.4 Å². The number of unbranched alkanes of at least 4 members (excludes halogenated alkanes) is 15. The Morgan fingerprint density at radius 2 is 0.732 bits per heavy atom. The van der Waals surface area contributed by atoms with Gasteiger partial charge in [0.15, 0.2) is 6.10 Å². The van der Waals surface area contributed by atoms with Crippen LogP contribution in [-0.4, -0.2) is 49.3 Å². The molecule has 9 nitrogen and oxygen atoms in total. The van der Waals surface area contributed by atoms with E-state index < -0.39 is 32.5 Å². The summed E-state index contributed by atoms with van der Waals surface area (Å²) in [6.45, 7) is 3.46. The van der Waals surface area contributed by atoms with Crippen LogP contribution in [0, 0.1) is 0 Å². The second-order valence-corrected chi connectivity index (χ2v) is 19.1. The molecule has 0 saturated heterocycles. The predicted octanol–water partition coefficient (Wildman–Crippen LogP) is 17.4. The molecule has 0 fully saturated rings. The molecular formula is C61H100NO8P. The molecule has 0 bridgehead atoms. The lowest BCUT2D eigenvalue weighted by Gasteiger charge is -2.19. The second-order valence-electron chi connectivity index (χ2n) is 17.7. The van der Waals surface area contributed by atoms with E-state index in [1.807, 2.05) is 0 Å². The van der Waals surface area contributed by atoms with Gasteiger partial charge in [-0.3, -0.25) is 18.6 Å². The summed E-state index contributed by atoms with van der Waals surface area (Å²) in [4.78, 5) is 35.2. The highest BCUT2D eigenvalue weighted by molar-refractivity contribution is 7.47. The van der Waals surface area contributed by atoms with Crippen LogP contribution >= 0.6 is 7.82 Å². The normalized spacial score (nSPS) is 14.1. The summed E-state index contributed by atoms with van der Waals surface area (Å²) in [7, 11) is -4.41. The van der Waals surface area contributed by atoms with Gasteiger partial charge < -0.3 is 20.1 Å². The number of hydrogen-bond acceptors (Lipinski definition) is 8. The zero-order valence-corrected chi connectivity index (χ0v) is 45.5. The van der Waals surface area contributed by atoms with E-state index in [0.29, 0.717) is 6.42 Å². The van der Waals surface area contributed by atoms with Crippen molar-refractivity contribution in [1.82, 2.24) is 0 Å². The Balaban J connectivity index is 4.12. The van der Waals surface area contributed by atoms with Crippen LogP contribution in [0.25, 0.3) is 0 Å². The average Bonchev–Trinajstić information content (AvgIpc) is 3.36. The molecule has 2 atom stereocenters. The van der Waals surface area contributed by atoms with Crippen LogP contribution in [0.2, 0.25) is 0 Å². The minimum Gasteiger partial charge on any atom is -0.462 e. The van der Waals surface area contributed by atoms with Crippen molar-refractivity contribution in [2.24, 2.45) is 5.73 Å². The zero-order valence-electron chi connectivity index (χ0n) is 44.7. The molecule has 0 heterocycles. The summed E-state index contributed by atoms with van der Waals surface area (Å²) in [5.74, 6) is -0.878. The third kappa shape index (κ3) is 55.3. The van der Waals surface area contributed by atoms with Crippen molar-refractivity contribution in [2.45, 2.75) is 213 Å². The van der Waals surface area contributed by atoms with E-state index >= 15 is 0 Å². The van der Waals surface area contributed by atoms with E-state index in [1.165, 1.54) is 57.8 Å². The van der Waals surface area contributed by atoms with Crippen molar-refractivity contribution in [3.05, 3.63) is 134 Å². The van der Waals surface area contributed by atoms with Crippen LogP contribution in [0.1, 0.15) is 206 Å². The number of phosphoric ester groups is 1. The van der Waals surface area contributed by atoms with Crippen LogP contribution in [0.15, 0.2) is 134 Å². The van der Waals surface area contributed by atoms with Gasteiger partial charge >= 0.3 is 19.8 Å². The summed E-state index contributed by atoms with van der Waals surface area (Å²) in [6.07, 6.45) is 77.8. The average molecular weight is 1010 g/mol. The first-order valence-corrected chi connectivity index (χ1v) is 29.2. The fraction of sp³-hybridized carbons (Fsp3) is 0.607. The summed E-state index contributed by atoms with van der Waals surface area (Å²) in [5, 5.41) is 0. The Morgan fingerprint density at radius 3 is 1.10 bits per heavy atom. The highest BCUT2D eigenvalue weighted by atomic mass is 31.2. The fourth-order valence-electron chi connectivity index (χ4n) is 7.02. The number of esters is 2. The first kappa shape index (κ1) is 67.1. The van der Waals surface area contributed by atoms with E-state index in [4.69, 9.17) is 24.3 Å². The predicted molar refractivity (Wildman–Crippen MR) is 302 cm³/mol. The quantitative estimate of drug-likeness (QED) is 0.0264. The number of ether oxygens (including phenoxy) is 2. The molecular weight excluding hydrogens is 906 g/mol. The summed E-state index contributed by atoms with van der Waals surface area (Å²) < 4.78 is 33.0. The smallest absolute Gasteiger partial charge is 0.462 e. The van der Waals surface area contributed by atoms with Gasteiger partial charge in [0.1, 0.15) is 6.61 Å². The van der Waals surface area contributed by atoms with Crippen LogP contribution in [-0.2, 0) is 32.7 Å². The Labute approximate surface area is 434 Å². The number of phosphoric acid groups is 1. The molecule has 0 aromatic carbocycles. The van der Waals surface area contributed by atoms with Crippen LogP contribution in [0.4, 0.5) is 0 Å². The van der Waals surface area contributed by atoms with Gasteiger partial charge in [-0.15, -0.1) is 0 Å². The minimum atomic E-state index is -4.41. The molecule has 0 saturated carbocycles. The van der Waals surface area contributed by atoms with Crippen molar-refractivity contribution in [1.29, 1.82) is 0 Å². The minimum absolute atomic E-state index is 0.0399. The summed E-state index contributed by atoms with van der Waals surface area (Å²) >= 11 is 0. The van der Waals surface area contributed by atoms with Crippen LogP contribution in [0.3, 0.4) is 0 Å². The number of nitrogens with two attached hydrogens (primary N) is 1. The number of carbonyl (C=O) groups excluding carboxylic acids is 2. The Morgan fingerprint density at radius 1 is 0.423 bits per heavy atom. The maximum atomic E-state index is 12.7. The van der Waals surface area contributed by atoms with Gasteiger partial charge in [-0.05, 0) is 109 Å². The molecule has 0 aromatic rings. The molecule has 0 aromatic heterocycles. The lowest BCUT2D eigenvalue weighted by molar-refractivity contribution is -0.161. The van der Waals surface area contributed by atoms with E-state index in [0.717, 1.165) is 116 Å². The SMILES string of the molecule is CC/C=C\C/C=C\C/C=C\C/C=C\C/C=C\C/C=C\C/C=C\CCCCCC(=O)OC(COC(=O)CCCCCCCCCCCCCC/C=C\C/C=C\C/C=C\C/C=C\CC)COP(=O)(O)OCCN. The third-order valence-corrected chi connectivity index (χ3v) is 12.0. The number of carbonyl (C=O) groups is 2. The fourth-order valence-corrected chi connectivity index (χ4v) is 7.78. The molecule has 0 rings (SSSR count). The molecule has 10 heteroatoms. The van der Waals surface area contributed by atoms with Crippen molar-refractivity contribution in [3.8, 4) is 0 Å². The topological polar surface area (TPSA) is 134 Å². The third-order valence-electron chi connectivity index (χ3n) is 11.0. The first-order chi connectivity index (χ1) is 34.8. The van der Waals surface area contributed by atoms with E-state index in [1.54, 1.807) is 0 Å². The molecule has 3 N–H and O–H groups in total. The lowest BCUT2D eigenvalue weighted by atomic mass is 10.0. The van der Waals surface area contributed by atoms with Gasteiger partial charge in [-0.25, -0.2) is 4.57 Å². The molecule has 0 spiro atoms. The summed E-state index contributed by atoms with van der Waals surface area (Å²) in [5.41, 5.74) is 5.37. The molecule has 2 unspecified atom stereocenters. The zero-order chi connectivity index (χ0) is 51.7. The van der Waals surface area contributed by atoms with E-state index in [2.05, 4.69) is 148 Å². The standard InChI is InChI=1S/C61H100NO8P/c1-3-5-7-9-11-13-15-17-19-21-23-25-27-29-31-33-35-37-39-41-43-45-47-49-51-53-60(63)67-57-59(58-69-71(65,66)68-56-55-62)70-61(64)54-52-50-48-46-44-42-40-38-36-34-32-30-28-26-24-22-20-18-16-14-12-10-8-6-4-2/h5-8,11-14,17-20,23-26,30,32,36,38,42,44,59H,3-4,9-10,15-16,21-22,27-29,31,33-35,37,39-41,43,45-58,62H2,1-2H3,(H,65,66)/b7-5-,8-6-,13-11-,14-12-,19-17-,20-18-,25-23-,26-24-,32-30-,38-36-,44-42-. The maximum absolute atomic E-state index is 12.7. The largest absolute Gasteiger partial charge is 0.472 e. The van der Waals surface area contributed by atoms with Crippen molar-refractivity contribution >= 4 is 19.8 Å². The molecule has 402 valence electrons. The highest BCUT2D eigenvalue weighted by Gasteiger charge is 2.26. The summed E-state index contributed by atoms with van der Waals surface area (Å²) in [6, 6.07) is 0. The Bertz CT molecular complexity index is 1620. The lowest BCUT2D eigenvalue weighted by Crippen LogP contribution is -2.29. The first-order valence-electron chi connectivity index (χ1n) is 27.7. The molecule has 0 aliphatic rings.